The number of nitrogens with zero attached hydrogens (tertiary/aromatic N) is 2. The van der Waals surface area contributed by atoms with Crippen molar-refractivity contribution in [2.45, 2.75) is 38.1 Å². The Balaban J connectivity index is 0.000001000. The van der Waals surface area contributed by atoms with Crippen LogP contribution in [0, 0.1) is 5.92 Å². The van der Waals surface area contributed by atoms with Crippen molar-refractivity contribution in [1.29, 1.82) is 0 Å². The van der Waals surface area contributed by atoms with Crippen LogP contribution in [0.25, 0.3) is 0 Å². The number of likely N-dealkylation sites (tertiary alicyclic amines) is 1. The highest BCUT2D eigenvalue weighted by Gasteiger charge is 2.33. The van der Waals surface area contributed by atoms with Gasteiger partial charge < -0.3 is 15.6 Å². The third kappa shape index (κ3) is 3.27. The van der Waals surface area contributed by atoms with Crippen LogP contribution in [0.2, 0.25) is 0 Å². The molecule has 1 amide bonds. The normalized spacial score (nSPS) is 25.0. The summed E-state index contributed by atoms with van der Waals surface area (Å²) in [5, 5.41) is 0. The maximum Gasteiger partial charge on any atom is 0.272 e. The van der Waals surface area contributed by atoms with Crippen LogP contribution in [-0.4, -0.2) is 39.9 Å². The van der Waals surface area contributed by atoms with Gasteiger partial charge in [-0.3, -0.25) is 4.79 Å². The van der Waals surface area contributed by atoms with Crippen molar-refractivity contribution in [1.82, 2.24) is 14.9 Å². The van der Waals surface area contributed by atoms with E-state index in [4.69, 9.17) is 5.73 Å². The maximum atomic E-state index is 12.4. The van der Waals surface area contributed by atoms with Crippen LogP contribution in [0.5, 0.6) is 0 Å². The fourth-order valence-electron chi connectivity index (χ4n) is 2.76. The number of carbonyl (C=O) groups excluding carboxylic acids is 1. The summed E-state index contributed by atoms with van der Waals surface area (Å²) < 4.78 is 0. The largest absolute Gasteiger partial charge is 0.338 e. The zero-order valence-corrected chi connectivity index (χ0v) is 13.2. The molecule has 3 N–H and O–H groups in total. The molecule has 2 heterocycles. The van der Waals surface area contributed by atoms with Gasteiger partial charge in [0, 0.05) is 18.5 Å². The molecule has 5 nitrogen and oxygen atoms in total. The number of H-pyrrole nitrogens is 1. The van der Waals surface area contributed by atoms with Crippen LogP contribution in [0.1, 0.15) is 48.4 Å². The first-order valence-corrected chi connectivity index (χ1v) is 6.75. The number of nitrogens with two attached hydrogens (primary N) is 1. The smallest absolute Gasteiger partial charge is 0.272 e. The van der Waals surface area contributed by atoms with Crippen molar-refractivity contribution in [2.75, 3.05) is 13.1 Å². The van der Waals surface area contributed by atoms with Crippen molar-refractivity contribution in [2.24, 2.45) is 11.7 Å². The molecular weight excluding hydrogens is 299 g/mol. The van der Waals surface area contributed by atoms with Crippen molar-refractivity contribution in [3.63, 3.8) is 0 Å². The number of amides is 1. The lowest BCUT2D eigenvalue weighted by molar-refractivity contribution is 0.0738. The summed E-state index contributed by atoms with van der Waals surface area (Å²) in [5.74, 6) is 2.03. The van der Waals surface area contributed by atoms with E-state index in [0.29, 0.717) is 24.1 Å². The minimum absolute atomic E-state index is 0. The van der Waals surface area contributed by atoms with Crippen molar-refractivity contribution in [3.05, 3.63) is 17.7 Å². The van der Waals surface area contributed by atoms with Gasteiger partial charge in [0.25, 0.3) is 5.91 Å². The van der Waals surface area contributed by atoms with Crippen molar-refractivity contribution < 1.29 is 4.79 Å². The first-order valence-electron chi connectivity index (χ1n) is 6.75. The van der Waals surface area contributed by atoms with E-state index in [1.165, 1.54) is 12.8 Å². The molecule has 2 fully saturated rings. The van der Waals surface area contributed by atoms with Gasteiger partial charge in [0.1, 0.15) is 11.5 Å². The molecule has 114 valence electrons. The number of hydrogen-bond donors (Lipinski definition) is 2. The molecule has 0 bridgehead atoms. The topological polar surface area (TPSA) is 75.0 Å². The molecule has 1 aromatic heterocycles. The lowest BCUT2D eigenvalue weighted by Gasteiger charge is -2.20. The van der Waals surface area contributed by atoms with Gasteiger partial charge in [-0.2, -0.15) is 0 Å². The summed E-state index contributed by atoms with van der Waals surface area (Å²) in [7, 11) is 0. The zero-order valence-electron chi connectivity index (χ0n) is 11.5. The fraction of sp³-hybridized carbons (Fsp3) is 0.692. The molecule has 1 saturated heterocycles. The van der Waals surface area contributed by atoms with Gasteiger partial charge >= 0.3 is 0 Å². The Kier molecular flexibility index (Phi) is 5.86. The number of halogens is 2. The average molecular weight is 321 g/mol. The zero-order chi connectivity index (χ0) is 12.7. The second kappa shape index (κ2) is 6.78. The Bertz CT molecular complexity index is 461. The van der Waals surface area contributed by atoms with E-state index in [-0.39, 0.29) is 36.8 Å². The van der Waals surface area contributed by atoms with Gasteiger partial charge in [-0.15, -0.1) is 24.8 Å². The molecule has 1 saturated carbocycles. The Hall–Kier alpha value is -0.780. The Morgan fingerprint density at radius 1 is 1.50 bits per heavy atom. The Morgan fingerprint density at radius 2 is 2.20 bits per heavy atom. The number of imidazole rings is 1. The Labute approximate surface area is 131 Å². The standard InChI is InChI=1S/C13H20N4O.2ClH/c1-8-4-9(5-14)7-17(8)13(18)11-6-15-12(16-11)10-2-3-10;;/h6,8-10H,2-5,7,14H2,1H3,(H,15,16);2*1H. The maximum absolute atomic E-state index is 12.4. The van der Waals surface area contributed by atoms with Gasteiger partial charge in [0.15, 0.2) is 0 Å². The molecule has 0 aromatic carbocycles. The monoisotopic (exact) mass is 320 g/mol. The SMILES string of the molecule is CC1CC(CN)CN1C(=O)c1cnc(C2CC2)[nH]1.Cl.Cl. The predicted molar refractivity (Wildman–Crippen MR) is 82.7 cm³/mol. The summed E-state index contributed by atoms with van der Waals surface area (Å²) in [4.78, 5) is 21.8. The van der Waals surface area contributed by atoms with Gasteiger partial charge in [0.2, 0.25) is 0 Å². The van der Waals surface area contributed by atoms with Crippen molar-refractivity contribution in [3.8, 4) is 0 Å². The quantitative estimate of drug-likeness (QED) is 0.893. The minimum Gasteiger partial charge on any atom is -0.338 e. The van der Waals surface area contributed by atoms with E-state index >= 15 is 0 Å². The molecular formula is C13H22Cl2N4O. The van der Waals surface area contributed by atoms with E-state index in [1.807, 2.05) is 4.90 Å². The molecule has 2 aliphatic rings. The fourth-order valence-corrected chi connectivity index (χ4v) is 2.76. The van der Waals surface area contributed by atoms with Crippen LogP contribution in [0.3, 0.4) is 0 Å². The second-order valence-corrected chi connectivity index (χ2v) is 5.60. The number of aromatic nitrogens is 2. The highest BCUT2D eigenvalue weighted by Crippen LogP contribution is 2.38. The molecule has 1 aliphatic carbocycles. The van der Waals surface area contributed by atoms with Crippen LogP contribution < -0.4 is 5.73 Å². The number of nitrogens with one attached hydrogen (secondary N) is 1. The molecule has 2 atom stereocenters. The number of aromatic amines is 1. The molecule has 0 radical (unpaired) electrons. The van der Waals surface area contributed by atoms with Crippen LogP contribution in [0.15, 0.2) is 6.20 Å². The number of rotatable bonds is 3. The summed E-state index contributed by atoms with van der Waals surface area (Å²) in [5.41, 5.74) is 6.32. The molecule has 1 aliphatic heterocycles. The van der Waals surface area contributed by atoms with Gasteiger partial charge in [-0.25, -0.2) is 4.98 Å². The second-order valence-electron chi connectivity index (χ2n) is 5.60. The molecule has 1 aromatic rings. The third-order valence-electron chi connectivity index (χ3n) is 4.05. The summed E-state index contributed by atoms with van der Waals surface area (Å²) in [6.07, 6.45) is 5.07. The lowest BCUT2D eigenvalue weighted by atomic mass is 10.1. The van der Waals surface area contributed by atoms with Crippen LogP contribution >= 0.6 is 24.8 Å². The van der Waals surface area contributed by atoms with Gasteiger partial charge in [-0.1, -0.05) is 0 Å². The van der Waals surface area contributed by atoms with Crippen molar-refractivity contribution >= 4 is 30.7 Å². The average Bonchev–Trinajstić information content (AvgIpc) is 2.98. The van der Waals surface area contributed by atoms with Crippen LogP contribution in [-0.2, 0) is 0 Å². The molecule has 20 heavy (non-hydrogen) atoms. The molecule has 0 spiro atoms. The first kappa shape index (κ1) is 17.3. The molecule has 7 heteroatoms. The predicted octanol–water partition coefficient (Wildman–Crippen LogP) is 1.94. The minimum atomic E-state index is 0. The highest BCUT2D eigenvalue weighted by atomic mass is 35.5. The summed E-state index contributed by atoms with van der Waals surface area (Å²) in [6.45, 7) is 3.52. The van der Waals surface area contributed by atoms with Crippen LogP contribution in [0.4, 0.5) is 0 Å². The number of hydrogen-bond acceptors (Lipinski definition) is 3. The third-order valence-corrected chi connectivity index (χ3v) is 4.05. The molecule has 2 unspecified atom stereocenters. The summed E-state index contributed by atoms with van der Waals surface area (Å²) in [6, 6.07) is 0.277. The van der Waals surface area contributed by atoms with E-state index in [0.717, 1.165) is 18.8 Å². The van der Waals surface area contributed by atoms with E-state index in [2.05, 4.69) is 16.9 Å². The first-order chi connectivity index (χ1) is 8.69. The van der Waals surface area contributed by atoms with Gasteiger partial charge in [0.05, 0.1) is 6.20 Å². The Morgan fingerprint density at radius 3 is 2.75 bits per heavy atom. The van der Waals surface area contributed by atoms with E-state index in [1.54, 1.807) is 6.20 Å². The summed E-state index contributed by atoms with van der Waals surface area (Å²) >= 11 is 0. The number of carbonyl (C=O) groups is 1. The van der Waals surface area contributed by atoms with E-state index < -0.39 is 0 Å². The van der Waals surface area contributed by atoms with E-state index in [9.17, 15) is 4.79 Å². The lowest BCUT2D eigenvalue weighted by Crippen LogP contribution is -2.34. The molecule has 3 rings (SSSR count). The highest BCUT2D eigenvalue weighted by molar-refractivity contribution is 5.92. The van der Waals surface area contributed by atoms with Gasteiger partial charge in [-0.05, 0) is 38.6 Å².